The fourth-order valence-corrected chi connectivity index (χ4v) is 5.32. The van der Waals surface area contributed by atoms with Crippen LogP contribution in [0.2, 0.25) is 0 Å². The van der Waals surface area contributed by atoms with Gasteiger partial charge in [-0.05, 0) is 19.1 Å². The van der Waals surface area contributed by atoms with Gasteiger partial charge in [-0.1, -0.05) is 6.07 Å². The second-order valence-corrected chi connectivity index (χ2v) is 10.6. The van der Waals surface area contributed by atoms with E-state index in [0.29, 0.717) is 22.5 Å². The van der Waals surface area contributed by atoms with Crippen LogP contribution in [0.4, 0.5) is 5.95 Å². The molecule has 180 valence electrons. The maximum atomic E-state index is 12.5. The number of carbonyl (C=O) groups excluding carboxylic acids is 1. The van der Waals surface area contributed by atoms with Crippen LogP contribution in [-0.4, -0.2) is 71.6 Å². The lowest BCUT2D eigenvalue weighted by atomic mass is 9.89. The van der Waals surface area contributed by atoms with Crippen LogP contribution < -0.4 is 5.32 Å². The zero-order chi connectivity index (χ0) is 24.8. The molecular weight excluding hydrogens is 472 g/mol. The van der Waals surface area contributed by atoms with Crippen molar-refractivity contribution in [2.45, 2.75) is 18.9 Å². The number of sulfonamides is 1. The van der Waals surface area contributed by atoms with Crippen LogP contribution >= 0.6 is 0 Å². The van der Waals surface area contributed by atoms with E-state index in [2.05, 4.69) is 31.7 Å². The van der Waals surface area contributed by atoms with Crippen molar-refractivity contribution in [1.29, 1.82) is 5.26 Å². The Morgan fingerprint density at radius 2 is 2.03 bits per heavy atom. The van der Waals surface area contributed by atoms with Gasteiger partial charge in [0, 0.05) is 38.1 Å². The summed E-state index contributed by atoms with van der Waals surface area (Å²) in [5, 5.41) is 24.9. The summed E-state index contributed by atoms with van der Waals surface area (Å²) in [7, 11) is -1.62. The minimum absolute atomic E-state index is 0.00788. The van der Waals surface area contributed by atoms with Gasteiger partial charge in [-0.2, -0.15) is 24.7 Å². The molecule has 5 heterocycles. The Morgan fingerprint density at radius 3 is 2.71 bits per heavy atom. The molecule has 35 heavy (non-hydrogen) atoms. The summed E-state index contributed by atoms with van der Waals surface area (Å²) in [5.74, 6) is -0.231. The summed E-state index contributed by atoms with van der Waals surface area (Å²) in [6, 6.07) is 7.57. The van der Waals surface area contributed by atoms with E-state index >= 15 is 0 Å². The highest BCUT2D eigenvalue weighted by atomic mass is 32.2. The number of nitriles is 1. The third-order valence-electron chi connectivity index (χ3n) is 6.02. The van der Waals surface area contributed by atoms with Crippen LogP contribution in [0.3, 0.4) is 0 Å². The van der Waals surface area contributed by atoms with Gasteiger partial charge in [0.05, 0.1) is 41.9 Å². The molecule has 0 saturated carbocycles. The third kappa shape index (κ3) is 3.94. The number of pyridine rings is 1. The molecule has 1 fully saturated rings. The molecule has 1 amide bonds. The molecule has 0 radical (unpaired) electrons. The second kappa shape index (κ2) is 8.29. The molecule has 4 aromatic rings. The van der Waals surface area contributed by atoms with Gasteiger partial charge in [0.15, 0.2) is 5.65 Å². The van der Waals surface area contributed by atoms with E-state index in [4.69, 9.17) is 0 Å². The van der Waals surface area contributed by atoms with Crippen molar-refractivity contribution < 1.29 is 13.2 Å². The largest absolute Gasteiger partial charge is 0.289 e. The minimum Gasteiger partial charge on any atom is -0.289 e. The Hall–Kier alpha value is -4.09. The maximum absolute atomic E-state index is 12.5. The average Bonchev–Trinajstić information content (AvgIpc) is 3.54. The van der Waals surface area contributed by atoms with Crippen LogP contribution in [0, 0.1) is 11.3 Å². The molecule has 0 atom stereocenters. The molecule has 5 rings (SSSR count). The topological polar surface area (TPSA) is 156 Å². The summed E-state index contributed by atoms with van der Waals surface area (Å²) in [6.45, 7) is 1.98. The molecule has 14 heteroatoms. The summed E-state index contributed by atoms with van der Waals surface area (Å²) < 4.78 is 30.6. The Bertz CT molecular complexity index is 1570. The van der Waals surface area contributed by atoms with Gasteiger partial charge in [0.1, 0.15) is 5.54 Å². The van der Waals surface area contributed by atoms with Gasteiger partial charge in [-0.25, -0.2) is 12.9 Å². The molecule has 4 aromatic heterocycles. The number of nitrogens with one attached hydrogen (secondary N) is 1. The number of hydrogen-bond acceptors (Lipinski definition) is 8. The molecule has 0 unspecified atom stereocenters. The molecule has 1 N–H and O–H groups in total. The fraction of sp³-hybridized carbons (Fsp3) is 0.333. The smallest absolute Gasteiger partial charge is 0.261 e. The first-order valence-electron chi connectivity index (χ1n) is 10.8. The number of amides is 1. The highest BCUT2D eigenvalue weighted by Crippen LogP contribution is 2.35. The van der Waals surface area contributed by atoms with Gasteiger partial charge in [-0.3, -0.25) is 19.5 Å². The predicted octanol–water partition coefficient (Wildman–Crippen LogP) is 0.853. The van der Waals surface area contributed by atoms with Crippen LogP contribution in [0.25, 0.3) is 16.9 Å². The molecule has 1 aliphatic rings. The maximum Gasteiger partial charge on any atom is 0.261 e. The van der Waals surface area contributed by atoms with Crippen LogP contribution in [0.1, 0.15) is 23.7 Å². The van der Waals surface area contributed by atoms with Crippen LogP contribution in [0.15, 0.2) is 43.0 Å². The lowest BCUT2D eigenvalue weighted by Gasteiger charge is -2.47. The lowest BCUT2D eigenvalue weighted by Crippen LogP contribution is -2.64. The van der Waals surface area contributed by atoms with Crippen molar-refractivity contribution in [1.82, 2.24) is 38.5 Å². The number of nitrogens with zero attached hydrogens (tertiary/aromatic N) is 9. The molecule has 0 bridgehead atoms. The summed E-state index contributed by atoms with van der Waals surface area (Å²) in [5.41, 5.74) is 1.56. The molecule has 1 aliphatic heterocycles. The summed E-state index contributed by atoms with van der Waals surface area (Å²) >= 11 is 0. The van der Waals surface area contributed by atoms with E-state index in [9.17, 15) is 18.5 Å². The average molecular weight is 495 g/mol. The Kier molecular flexibility index (Phi) is 5.37. The van der Waals surface area contributed by atoms with Crippen molar-refractivity contribution >= 4 is 27.5 Å². The Balaban J connectivity index is 1.43. The molecule has 13 nitrogen and oxygen atoms in total. The van der Waals surface area contributed by atoms with Crippen molar-refractivity contribution in [2.24, 2.45) is 7.05 Å². The van der Waals surface area contributed by atoms with Gasteiger partial charge in [0.25, 0.3) is 5.91 Å². The summed E-state index contributed by atoms with van der Waals surface area (Å²) in [6.07, 6.45) is 6.59. The molecule has 0 aliphatic carbocycles. The van der Waals surface area contributed by atoms with Crippen molar-refractivity contribution in [3.8, 4) is 17.3 Å². The standard InChI is InChI=1S/C21H22N10O3S/c1-3-35(33,34)29-13-21(14-29,7-8-22)30-12-15(9-24-30)17-5-4-6-18-25-20(27-31(17)18)26-19(32)16-10-23-28(2)11-16/h4-6,9-12H,3,7,13-14H2,1-2H3,(H,26,27,32). The van der Waals surface area contributed by atoms with Crippen molar-refractivity contribution in [3.05, 3.63) is 48.5 Å². The minimum atomic E-state index is -3.34. The first-order valence-corrected chi connectivity index (χ1v) is 12.4. The van der Waals surface area contributed by atoms with E-state index in [1.807, 2.05) is 12.1 Å². The predicted molar refractivity (Wildman–Crippen MR) is 125 cm³/mol. The van der Waals surface area contributed by atoms with Crippen molar-refractivity contribution in [2.75, 3.05) is 24.2 Å². The SMILES string of the molecule is CCS(=O)(=O)N1CC(CC#N)(n2cc(-c3cccc4nc(NC(=O)c5cnn(C)c5)nn34)cn2)C1. The monoisotopic (exact) mass is 494 g/mol. The Labute approximate surface area is 200 Å². The van der Waals surface area contributed by atoms with Crippen molar-refractivity contribution in [3.63, 3.8) is 0 Å². The number of rotatable bonds is 7. The first kappa shape index (κ1) is 22.7. The second-order valence-electron chi connectivity index (χ2n) is 8.37. The highest BCUT2D eigenvalue weighted by molar-refractivity contribution is 7.89. The molecule has 0 aromatic carbocycles. The number of hydrogen-bond donors (Lipinski definition) is 1. The van der Waals surface area contributed by atoms with Gasteiger partial charge < -0.3 is 0 Å². The zero-order valence-corrected chi connectivity index (χ0v) is 19.8. The molecule has 1 saturated heterocycles. The van der Waals surface area contributed by atoms with Crippen LogP contribution in [0.5, 0.6) is 0 Å². The van der Waals surface area contributed by atoms with Gasteiger partial charge in [0.2, 0.25) is 16.0 Å². The number of anilines is 1. The van der Waals surface area contributed by atoms with Crippen LogP contribution in [-0.2, 0) is 22.6 Å². The number of carbonyl (C=O) groups is 1. The van der Waals surface area contributed by atoms with E-state index in [1.165, 1.54) is 15.2 Å². The van der Waals surface area contributed by atoms with Gasteiger partial charge in [-0.15, -0.1) is 5.10 Å². The number of aryl methyl sites for hydroxylation is 1. The number of aromatic nitrogens is 7. The Morgan fingerprint density at radius 1 is 1.23 bits per heavy atom. The van der Waals surface area contributed by atoms with Gasteiger partial charge >= 0.3 is 0 Å². The lowest BCUT2D eigenvalue weighted by molar-refractivity contribution is 0.0719. The molecule has 0 spiro atoms. The zero-order valence-electron chi connectivity index (χ0n) is 19.0. The van der Waals surface area contributed by atoms with E-state index in [-0.39, 0.29) is 37.1 Å². The van der Waals surface area contributed by atoms with E-state index in [0.717, 1.165) is 0 Å². The van der Waals surface area contributed by atoms with E-state index in [1.54, 1.807) is 47.8 Å². The summed E-state index contributed by atoms with van der Waals surface area (Å²) in [4.78, 5) is 16.8. The third-order valence-corrected chi connectivity index (χ3v) is 7.80. The highest BCUT2D eigenvalue weighted by Gasteiger charge is 2.49. The quantitative estimate of drug-likeness (QED) is 0.396. The number of fused-ring (bicyclic) bond motifs is 1. The van der Waals surface area contributed by atoms with E-state index < -0.39 is 15.6 Å². The normalized spacial score (nSPS) is 15.6. The fourth-order valence-electron chi connectivity index (χ4n) is 4.08. The molecular formula is C21H22N10O3S. The first-order chi connectivity index (χ1) is 16.7.